The lowest BCUT2D eigenvalue weighted by Crippen LogP contribution is -2.03. The van der Waals surface area contributed by atoms with E-state index in [1.165, 1.54) is 0 Å². The summed E-state index contributed by atoms with van der Waals surface area (Å²) in [6.45, 7) is 3.53. The SMILES string of the molecule is Cc1ncc2c(-c3ccc4nc(C)n(CCF)c4n3)ccn2n1. The summed E-state index contributed by atoms with van der Waals surface area (Å²) in [5.74, 6) is 1.47. The normalized spacial score (nSPS) is 11.6. The van der Waals surface area contributed by atoms with Gasteiger partial charge in [0.15, 0.2) is 5.65 Å². The van der Waals surface area contributed by atoms with Crippen molar-refractivity contribution in [2.24, 2.45) is 0 Å². The zero-order valence-corrected chi connectivity index (χ0v) is 12.9. The van der Waals surface area contributed by atoms with Gasteiger partial charge in [0.1, 0.15) is 23.8 Å². The van der Waals surface area contributed by atoms with Gasteiger partial charge in [-0.1, -0.05) is 0 Å². The number of nitrogens with zero attached hydrogens (tertiary/aromatic N) is 6. The summed E-state index contributed by atoms with van der Waals surface area (Å²) in [7, 11) is 0. The Balaban J connectivity index is 1.92. The van der Waals surface area contributed by atoms with Gasteiger partial charge in [0.05, 0.1) is 24.0 Å². The zero-order chi connectivity index (χ0) is 16.0. The standard InChI is InChI=1S/C16H15FN6/c1-10-18-9-15-12(5-7-23(15)21-10)13-3-4-14-16(20-13)22(8-6-17)11(2)19-14/h3-5,7,9H,6,8H2,1-2H3. The molecule has 0 aliphatic carbocycles. The molecule has 0 atom stereocenters. The number of rotatable bonds is 3. The largest absolute Gasteiger partial charge is 0.310 e. The topological polar surface area (TPSA) is 60.9 Å². The minimum atomic E-state index is -0.444. The molecule has 116 valence electrons. The van der Waals surface area contributed by atoms with E-state index in [2.05, 4.69) is 15.1 Å². The van der Waals surface area contributed by atoms with Crippen molar-refractivity contribution in [3.8, 4) is 11.3 Å². The van der Waals surface area contributed by atoms with E-state index in [1.54, 1.807) is 15.3 Å². The van der Waals surface area contributed by atoms with E-state index in [-0.39, 0.29) is 6.54 Å². The van der Waals surface area contributed by atoms with Crippen LogP contribution in [0.5, 0.6) is 0 Å². The van der Waals surface area contributed by atoms with Crippen molar-refractivity contribution in [3.05, 3.63) is 42.2 Å². The molecule has 0 aliphatic rings. The number of imidazole rings is 1. The molecule has 0 unspecified atom stereocenters. The maximum absolute atomic E-state index is 12.8. The molecule has 4 aromatic heterocycles. The number of hydrogen-bond acceptors (Lipinski definition) is 4. The summed E-state index contributed by atoms with van der Waals surface area (Å²) >= 11 is 0. The van der Waals surface area contributed by atoms with Crippen molar-refractivity contribution in [1.82, 2.24) is 29.1 Å². The average molecular weight is 310 g/mol. The molecule has 0 saturated heterocycles. The van der Waals surface area contributed by atoms with Gasteiger partial charge in [-0.25, -0.2) is 23.9 Å². The average Bonchev–Trinajstić information content (AvgIpc) is 3.08. The predicted molar refractivity (Wildman–Crippen MR) is 85.0 cm³/mol. The van der Waals surface area contributed by atoms with Gasteiger partial charge in [-0.15, -0.1) is 0 Å². The second-order valence-corrected chi connectivity index (χ2v) is 5.40. The van der Waals surface area contributed by atoms with Crippen molar-refractivity contribution in [1.29, 1.82) is 0 Å². The fourth-order valence-electron chi connectivity index (χ4n) is 2.82. The van der Waals surface area contributed by atoms with E-state index in [4.69, 9.17) is 4.98 Å². The number of aromatic nitrogens is 6. The van der Waals surface area contributed by atoms with E-state index >= 15 is 0 Å². The summed E-state index contributed by atoms with van der Waals surface area (Å²) in [4.78, 5) is 13.4. The molecule has 4 rings (SSSR count). The van der Waals surface area contributed by atoms with Crippen LogP contribution in [0.3, 0.4) is 0 Å². The lowest BCUT2D eigenvalue weighted by molar-refractivity contribution is 0.445. The smallest absolute Gasteiger partial charge is 0.160 e. The summed E-state index contributed by atoms with van der Waals surface area (Å²) in [5.41, 5.74) is 4.10. The van der Waals surface area contributed by atoms with Crippen LogP contribution in [-0.2, 0) is 6.54 Å². The molecule has 6 nitrogen and oxygen atoms in total. The molecule has 23 heavy (non-hydrogen) atoms. The van der Waals surface area contributed by atoms with Crippen LogP contribution < -0.4 is 0 Å². The Morgan fingerprint density at radius 3 is 2.83 bits per heavy atom. The van der Waals surface area contributed by atoms with Gasteiger partial charge in [-0.2, -0.15) is 5.10 Å². The third-order valence-electron chi connectivity index (χ3n) is 3.90. The summed E-state index contributed by atoms with van der Waals surface area (Å²) in [6.07, 6.45) is 3.67. The summed E-state index contributed by atoms with van der Waals surface area (Å²) in [6, 6.07) is 5.79. The first kappa shape index (κ1) is 13.8. The monoisotopic (exact) mass is 310 g/mol. The van der Waals surface area contributed by atoms with E-state index in [9.17, 15) is 4.39 Å². The highest BCUT2D eigenvalue weighted by Gasteiger charge is 2.13. The van der Waals surface area contributed by atoms with Crippen molar-refractivity contribution < 1.29 is 4.39 Å². The molecule has 0 aromatic carbocycles. The van der Waals surface area contributed by atoms with E-state index in [1.807, 2.05) is 38.2 Å². The molecule has 0 aliphatic heterocycles. The second kappa shape index (κ2) is 5.12. The van der Waals surface area contributed by atoms with Crippen molar-refractivity contribution >= 4 is 16.7 Å². The molecule has 4 heterocycles. The quantitative estimate of drug-likeness (QED) is 0.584. The maximum Gasteiger partial charge on any atom is 0.160 e. The van der Waals surface area contributed by atoms with Crippen LogP contribution in [0.15, 0.2) is 30.6 Å². The lowest BCUT2D eigenvalue weighted by Gasteiger charge is -2.04. The molecule has 0 N–H and O–H groups in total. The minimum Gasteiger partial charge on any atom is -0.310 e. The molecule has 0 saturated carbocycles. The van der Waals surface area contributed by atoms with Crippen molar-refractivity contribution in [3.63, 3.8) is 0 Å². The summed E-state index contributed by atoms with van der Waals surface area (Å²) < 4.78 is 16.4. The highest BCUT2D eigenvalue weighted by atomic mass is 19.1. The Hall–Kier alpha value is -2.83. The van der Waals surface area contributed by atoms with E-state index in [0.29, 0.717) is 11.5 Å². The summed E-state index contributed by atoms with van der Waals surface area (Å²) in [5, 5.41) is 4.35. The molecule has 0 spiro atoms. The number of fused-ring (bicyclic) bond motifs is 2. The van der Waals surface area contributed by atoms with Gasteiger partial charge in [-0.3, -0.25) is 0 Å². The predicted octanol–water partition coefficient (Wildman–Crippen LogP) is 2.73. The van der Waals surface area contributed by atoms with Crippen LogP contribution in [-0.4, -0.2) is 35.8 Å². The molecule has 0 bridgehead atoms. The first-order valence-electron chi connectivity index (χ1n) is 7.38. The number of alkyl halides is 1. The number of halogens is 1. The third kappa shape index (κ3) is 2.16. The molecule has 0 fully saturated rings. The number of hydrogen-bond donors (Lipinski definition) is 0. The molecular formula is C16H15FN6. The van der Waals surface area contributed by atoms with Crippen LogP contribution in [0.2, 0.25) is 0 Å². The van der Waals surface area contributed by atoms with Crippen LogP contribution in [0.25, 0.3) is 27.9 Å². The minimum absolute atomic E-state index is 0.262. The van der Waals surface area contributed by atoms with Gasteiger partial charge in [0.25, 0.3) is 0 Å². The first-order valence-corrected chi connectivity index (χ1v) is 7.38. The fraction of sp³-hybridized carbons (Fsp3) is 0.250. The maximum atomic E-state index is 12.8. The van der Waals surface area contributed by atoms with Crippen LogP contribution in [0.4, 0.5) is 4.39 Å². The van der Waals surface area contributed by atoms with Gasteiger partial charge < -0.3 is 4.57 Å². The lowest BCUT2D eigenvalue weighted by atomic mass is 10.2. The Morgan fingerprint density at radius 1 is 1.13 bits per heavy atom. The highest BCUT2D eigenvalue weighted by molar-refractivity contribution is 5.82. The highest BCUT2D eigenvalue weighted by Crippen LogP contribution is 2.25. The van der Waals surface area contributed by atoms with Gasteiger partial charge in [0.2, 0.25) is 0 Å². The Labute approximate surface area is 131 Å². The van der Waals surface area contributed by atoms with Crippen molar-refractivity contribution in [2.75, 3.05) is 6.67 Å². The first-order chi connectivity index (χ1) is 11.2. The van der Waals surface area contributed by atoms with Gasteiger partial charge in [0, 0.05) is 11.8 Å². The molecule has 7 heteroatoms. The molecular weight excluding hydrogens is 295 g/mol. The van der Waals surface area contributed by atoms with E-state index in [0.717, 1.165) is 28.1 Å². The Morgan fingerprint density at radius 2 is 2.00 bits per heavy atom. The zero-order valence-electron chi connectivity index (χ0n) is 12.9. The second-order valence-electron chi connectivity index (χ2n) is 5.40. The van der Waals surface area contributed by atoms with Gasteiger partial charge >= 0.3 is 0 Å². The van der Waals surface area contributed by atoms with E-state index < -0.39 is 6.67 Å². The number of aryl methyl sites for hydroxylation is 3. The van der Waals surface area contributed by atoms with Crippen molar-refractivity contribution in [2.45, 2.75) is 20.4 Å². The fourth-order valence-corrected chi connectivity index (χ4v) is 2.82. The van der Waals surface area contributed by atoms with Crippen LogP contribution >= 0.6 is 0 Å². The number of pyridine rings is 1. The van der Waals surface area contributed by atoms with Crippen LogP contribution in [0, 0.1) is 13.8 Å². The molecule has 4 aromatic rings. The Bertz CT molecular complexity index is 1020. The Kier molecular flexibility index (Phi) is 3.07. The molecule has 0 radical (unpaired) electrons. The molecule has 0 amide bonds. The third-order valence-corrected chi connectivity index (χ3v) is 3.90. The van der Waals surface area contributed by atoms with Crippen LogP contribution in [0.1, 0.15) is 11.6 Å². The van der Waals surface area contributed by atoms with Gasteiger partial charge in [-0.05, 0) is 32.0 Å².